The number of aliphatic hydroxyl groups excluding tert-OH is 3. The second kappa shape index (κ2) is 7.10. The van der Waals surface area contributed by atoms with Crippen LogP contribution in [-0.4, -0.2) is 59.7 Å². The van der Waals surface area contributed by atoms with Gasteiger partial charge in [-0.25, -0.2) is 15.0 Å². The van der Waals surface area contributed by atoms with Gasteiger partial charge >= 0.3 is 0 Å². The molecule has 0 aliphatic heterocycles. The topological polar surface area (TPSA) is 142 Å². The van der Waals surface area contributed by atoms with E-state index in [0.29, 0.717) is 30.1 Å². The third-order valence-electron chi connectivity index (χ3n) is 5.04. The Morgan fingerprint density at radius 3 is 2.74 bits per heavy atom. The van der Waals surface area contributed by atoms with E-state index >= 15 is 0 Å². The number of imidazole rings is 1. The van der Waals surface area contributed by atoms with Crippen molar-refractivity contribution in [3.63, 3.8) is 0 Å². The van der Waals surface area contributed by atoms with Gasteiger partial charge in [0.1, 0.15) is 24.1 Å². The van der Waals surface area contributed by atoms with Crippen LogP contribution in [0.5, 0.6) is 0 Å². The van der Waals surface area contributed by atoms with Crippen LogP contribution in [0.25, 0.3) is 11.2 Å². The van der Waals surface area contributed by atoms with E-state index in [1.807, 2.05) is 24.3 Å². The van der Waals surface area contributed by atoms with Gasteiger partial charge in [0, 0.05) is 12.2 Å². The molecule has 1 fully saturated rings. The Morgan fingerprint density at radius 2 is 2.00 bits per heavy atom. The first-order valence-electron chi connectivity index (χ1n) is 8.85. The predicted octanol–water partition coefficient (Wildman–Crippen LogP) is 0.0906. The SMILES string of the molecule is Nc1ccccc1CCNc1nc2cncnc2n1[C@@H]1C[C@H](O)[C@@H](O)[C@H]1O. The average Bonchev–Trinajstić information content (AvgIpc) is 3.15. The van der Waals surface area contributed by atoms with Crippen LogP contribution in [0.15, 0.2) is 36.8 Å². The zero-order chi connectivity index (χ0) is 19.0. The van der Waals surface area contributed by atoms with Gasteiger partial charge in [0.2, 0.25) is 5.95 Å². The zero-order valence-corrected chi connectivity index (χ0v) is 14.6. The minimum atomic E-state index is -1.20. The summed E-state index contributed by atoms with van der Waals surface area (Å²) in [7, 11) is 0. The largest absolute Gasteiger partial charge is 0.399 e. The van der Waals surface area contributed by atoms with E-state index in [4.69, 9.17) is 5.73 Å². The van der Waals surface area contributed by atoms with Crippen molar-refractivity contribution in [1.29, 1.82) is 0 Å². The molecule has 1 aliphatic rings. The Hall–Kier alpha value is -2.75. The molecule has 9 nitrogen and oxygen atoms in total. The van der Waals surface area contributed by atoms with Crippen molar-refractivity contribution < 1.29 is 15.3 Å². The lowest BCUT2D eigenvalue weighted by atomic mass is 10.1. The highest BCUT2D eigenvalue weighted by Gasteiger charge is 2.43. The summed E-state index contributed by atoms with van der Waals surface area (Å²) in [5.74, 6) is 0.505. The third-order valence-corrected chi connectivity index (χ3v) is 5.04. The highest BCUT2D eigenvalue weighted by atomic mass is 16.4. The van der Waals surface area contributed by atoms with E-state index in [1.165, 1.54) is 6.33 Å². The number of aromatic nitrogens is 4. The first-order valence-corrected chi connectivity index (χ1v) is 8.85. The molecule has 2 heterocycles. The Bertz CT molecular complexity index is 946. The molecule has 0 unspecified atom stereocenters. The van der Waals surface area contributed by atoms with Gasteiger partial charge < -0.3 is 26.4 Å². The number of hydrogen-bond donors (Lipinski definition) is 5. The van der Waals surface area contributed by atoms with Crippen molar-refractivity contribution in [2.24, 2.45) is 0 Å². The highest BCUT2D eigenvalue weighted by Crippen LogP contribution is 2.35. The Kier molecular flexibility index (Phi) is 4.65. The minimum Gasteiger partial charge on any atom is -0.399 e. The maximum absolute atomic E-state index is 10.4. The van der Waals surface area contributed by atoms with Gasteiger partial charge in [0.25, 0.3) is 0 Å². The van der Waals surface area contributed by atoms with Gasteiger partial charge in [-0.05, 0) is 24.5 Å². The lowest BCUT2D eigenvalue weighted by molar-refractivity contribution is -0.0243. The molecule has 3 aromatic rings. The van der Waals surface area contributed by atoms with E-state index in [0.717, 1.165) is 11.3 Å². The lowest BCUT2D eigenvalue weighted by Crippen LogP contribution is -2.31. The zero-order valence-electron chi connectivity index (χ0n) is 14.6. The first-order chi connectivity index (χ1) is 13.1. The van der Waals surface area contributed by atoms with Crippen molar-refractivity contribution >= 4 is 22.8 Å². The maximum Gasteiger partial charge on any atom is 0.205 e. The number of benzene rings is 1. The maximum atomic E-state index is 10.4. The van der Waals surface area contributed by atoms with E-state index in [-0.39, 0.29) is 6.42 Å². The van der Waals surface area contributed by atoms with Crippen molar-refractivity contribution in [1.82, 2.24) is 19.5 Å². The molecule has 27 heavy (non-hydrogen) atoms. The van der Waals surface area contributed by atoms with Gasteiger partial charge in [-0.15, -0.1) is 0 Å². The fourth-order valence-corrected chi connectivity index (χ4v) is 3.60. The van der Waals surface area contributed by atoms with Gasteiger partial charge in [0.05, 0.1) is 18.3 Å². The number of rotatable bonds is 5. The van der Waals surface area contributed by atoms with Gasteiger partial charge in [-0.2, -0.15) is 0 Å². The van der Waals surface area contributed by atoms with Crippen molar-refractivity contribution in [2.75, 3.05) is 17.6 Å². The van der Waals surface area contributed by atoms with Crippen LogP contribution in [0.1, 0.15) is 18.0 Å². The summed E-state index contributed by atoms with van der Waals surface area (Å²) in [4.78, 5) is 12.8. The number of nitrogen functional groups attached to an aromatic ring is 1. The van der Waals surface area contributed by atoms with Crippen LogP contribution in [0.3, 0.4) is 0 Å². The van der Waals surface area contributed by atoms with Gasteiger partial charge in [-0.3, -0.25) is 4.57 Å². The second-order valence-corrected chi connectivity index (χ2v) is 6.76. The van der Waals surface area contributed by atoms with Gasteiger partial charge in [-0.1, -0.05) is 18.2 Å². The molecule has 0 bridgehead atoms. The second-order valence-electron chi connectivity index (χ2n) is 6.76. The van der Waals surface area contributed by atoms with E-state index < -0.39 is 24.4 Å². The summed E-state index contributed by atoms with van der Waals surface area (Å²) in [5.41, 5.74) is 8.85. The van der Waals surface area contributed by atoms with Crippen molar-refractivity contribution in [3.8, 4) is 0 Å². The number of aliphatic hydroxyl groups is 3. The van der Waals surface area contributed by atoms with Crippen LogP contribution in [0.2, 0.25) is 0 Å². The summed E-state index contributed by atoms with van der Waals surface area (Å²) >= 11 is 0. The number of nitrogens with one attached hydrogen (secondary N) is 1. The molecule has 1 aliphatic carbocycles. The molecule has 6 N–H and O–H groups in total. The lowest BCUT2D eigenvalue weighted by Gasteiger charge is -2.20. The summed E-state index contributed by atoms with van der Waals surface area (Å²) in [6.07, 6.45) is 0.583. The normalized spacial score (nSPS) is 25.1. The standard InChI is InChI=1S/C18H22N6O3/c19-11-4-2-1-3-10(11)5-6-21-18-23-12-8-20-9-22-17(12)24(18)13-7-14(25)16(27)15(13)26/h1-4,8-9,13-16,25-27H,5-7,19H2,(H,21,23)/t13-,14+,15+,16-/m1/s1. The van der Waals surface area contributed by atoms with E-state index in [1.54, 1.807) is 10.8 Å². The summed E-state index contributed by atoms with van der Waals surface area (Å²) in [5, 5.41) is 33.5. The number of anilines is 2. The average molecular weight is 370 g/mol. The number of nitrogens with zero attached hydrogens (tertiary/aromatic N) is 4. The summed E-state index contributed by atoms with van der Waals surface area (Å²) in [6, 6.07) is 7.12. The summed E-state index contributed by atoms with van der Waals surface area (Å²) < 4.78 is 1.73. The molecular weight excluding hydrogens is 348 g/mol. The third kappa shape index (κ3) is 3.20. The molecule has 0 amide bonds. The van der Waals surface area contributed by atoms with E-state index in [2.05, 4.69) is 20.3 Å². The van der Waals surface area contributed by atoms with Crippen molar-refractivity contribution in [2.45, 2.75) is 37.2 Å². The minimum absolute atomic E-state index is 0.206. The van der Waals surface area contributed by atoms with Crippen LogP contribution in [0.4, 0.5) is 11.6 Å². The summed E-state index contributed by atoms with van der Waals surface area (Å²) in [6.45, 7) is 0.568. The molecule has 1 aromatic carbocycles. The molecule has 142 valence electrons. The van der Waals surface area contributed by atoms with Crippen molar-refractivity contribution in [3.05, 3.63) is 42.4 Å². The van der Waals surface area contributed by atoms with Crippen LogP contribution in [-0.2, 0) is 6.42 Å². The fourth-order valence-electron chi connectivity index (χ4n) is 3.60. The molecular formula is C18H22N6O3. The quantitative estimate of drug-likeness (QED) is 0.398. The first kappa shape index (κ1) is 17.7. The molecule has 2 aromatic heterocycles. The van der Waals surface area contributed by atoms with Gasteiger partial charge in [0.15, 0.2) is 5.65 Å². The number of hydrogen-bond acceptors (Lipinski definition) is 8. The number of nitrogens with two attached hydrogens (primary N) is 1. The molecule has 4 rings (SSSR count). The molecule has 4 atom stereocenters. The smallest absolute Gasteiger partial charge is 0.205 e. The number of para-hydroxylation sites is 1. The molecule has 1 saturated carbocycles. The predicted molar refractivity (Wildman–Crippen MR) is 100 cm³/mol. The van der Waals surface area contributed by atoms with E-state index in [9.17, 15) is 15.3 Å². The monoisotopic (exact) mass is 370 g/mol. The Balaban J connectivity index is 1.62. The molecule has 0 spiro atoms. The Labute approximate surface area is 155 Å². The van der Waals surface area contributed by atoms with Crippen LogP contribution >= 0.6 is 0 Å². The molecule has 0 saturated heterocycles. The molecule has 9 heteroatoms. The highest BCUT2D eigenvalue weighted by molar-refractivity contribution is 5.73. The fraction of sp³-hybridized carbons (Fsp3) is 0.389. The van der Waals surface area contributed by atoms with Crippen LogP contribution in [0, 0.1) is 0 Å². The Morgan fingerprint density at radius 1 is 1.19 bits per heavy atom. The number of fused-ring (bicyclic) bond motifs is 1. The van der Waals surface area contributed by atoms with Crippen LogP contribution < -0.4 is 11.1 Å². The molecule has 0 radical (unpaired) electrons.